The lowest BCUT2D eigenvalue weighted by molar-refractivity contribution is -0.137. The predicted octanol–water partition coefficient (Wildman–Crippen LogP) is 14.9. The minimum Gasteiger partial charge on any atom is -0.308 e. The number of aromatic nitrogens is 5. The molecule has 11 aromatic rings. The van der Waals surface area contributed by atoms with Crippen LogP contribution >= 0.6 is 0 Å². The van der Waals surface area contributed by atoms with Crippen LogP contribution in [-0.2, 0) is 6.18 Å². The summed E-state index contributed by atoms with van der Waals surface area (Å²) in [5.74, 6) is 0.437. The van der Waals surface area contributed by atoms with E-state index in [4.69, 9.17) is 19.9 Å². The topological polar surface area (TPSA) is 80.3 Å². The molecule has 3 heterocycles. The third-order valence-corrected chi connectivity index (χ3v) is 11.9. The van der Waals surface area contributed by atoms with Crippen LogP contribution in [0.15, 0.2) is 212 Å². The van der Waals surface area contributed by atoms with Crippen LogP contribution in [0.1, 0.15) is 11.1 Å². The van der Waals surface area contributed by atoms with Crippen LogP contribution in [0.3, 0.4) is 0 Å². The van der Waals surface area contributed by atoms with E-state index in [0.29, 0.717) is 45.2 Å². The lowest BCUT2D eigenvalue weighted by Crippen LogP contribution is -2.11. The zero-order chi connectivity index (χ0) is 45.5. The Balaban J connectivity index is 1.30. The average Bonchev–Trinajstić information content (AvgIpc) is 3.72. The van der Waals surface area contributed by atoms with Crippen molar-refractivity contribution in [3.05, 3.63) is 223 Å². The second kappa shape index (κ2) is 16.8. The number of nitrogens with zero attached hydrogens (tertiary/aromatic N) is 6. The molecule has 0 aliphatic carbocycles. The third kappa shape index (κ3) is 7.66. The van der Waals surface area contributed by atoms with Crippen molar-refractivity contribution in [2.75, 3.05) is 0 Å². The summed E-state index contributed by atoms with van der Waals surface area (Å²) in [4.78, 5) is 20.4. The van der Waals surface area contributed by atoms with Gasteiger partial charge in [-0.2, -0.15) is 18.4 Å². The van der Waals surface area contributed by atoms with Crippen molar-refractivity contribution in [1.82, 2.24) is 24.5 Å². The number of halogens is 3. The molecule has 6 nitrogen and oxygen atoms in total. The third-order valence-electron chi connectivity index (χ3n) is 11.9. The summed E-state index contributed by atoms with van der Waals surface area (Å²) in [6.07, 6.45) is -4.79. The Hall–Kier alpha value is -9.00. The molecule has 0 fully saturated rings. The van der Waals surface area contributed by atoms with Crippen molar-refractivity contribution in [2.24, 2.45) is 0 Å². The largest absolute Gasteiger partial charge is 0.416 e. The van der Waals surface area contributed by atoms with Crippen LogP contribution in [0.2, 0.25) is 0 Å². The van der Waals surface area contributed by atoms with Crippen LogP contribution in [0.5, 0.6) is 0 Å². The average molecular weight is 873 g/mol. The van der Waals surface area contributed by atoms with Crippen molar-refractivity contribution >= 4 is 21.8 Å². The van der Waals surface area contributed by atoms with Crippen molar-refractivity contribution < 1.29 is 13.2 Å². The highest BCUT2D eigenvalue weighted by molar-refractivity contribution is 6.12. The Bertz CT molecular complexity index is 3410. The molecule has 0 aliphatic rings. The highest BCUT2D eigenvalue weighted by Crippen LogP contribution is 2.46. The van der Waals surface area contributed by atoms with Gasteiger partial charge in [-0.1, -0.05) is 164 Å². The number of rotatable bonds is 8. The van der Waals surface area contributed by atoms with Crippen molar-refractivity contribution in [2.45, 2.75) is 6.18 Å². The first-order valence-electron chi connectivity index (χ1n) is 21.6. The number of hydrogen-bond donors (Lipinski definition) is 0. The zero-order valence-electron chi connectivity index (χ0n) is 35.5. The van der Waals surface area contributed by atoms with Gasteiger partial charge < -0.3 is 4.57 Å². The Kier molecular flexibility index (Phi) is 10.2. The molecule has 9 heteroatoms. The molecular formula is C58H35F3N6. The van der Waals surface area contributed by atoms with E-state index in [0.717, 1.165) is 50.2 Å². The molecule has 0 unspecified atom stereocenters. The van der Waals surface area contributed by atoms with Gasteiger partial charge in [-0.25, -0.2) is 19.9 Å². The number of nitriles is 1. The minimum absolute atomic E-state index is 0.0914. The molecule has 67 heavy (non-hydrogen) atoms. The SMILES string of the molecule is N#Cc1ccccc1-c1ccc2c(c1)c1ccccc1n2-c1c(-c2cc(-c3ccccc3)nc(-c3ccccc3)n2)cc(C(F)(F)F)cc1-c1nc(-c2ccccc2)cc(-c2ccccc2)n1. The monoisotopic (exact) mass is 872 g/mol. The zero-order valence-corrected chi connectivity index (χ0v) is 35.5. The summed E-state index contributed by atoms with van der Waals surface area (Å²) >= 11 is 0. The van der Waals surface area contributed by atoms with Gasteiger partial charge in [0.1, 0.15) is 0 Å². The van der Waals surface area contributed by atoms with Gasteiger partial charge in [0.25, 0.3) is 0 Å². The maximum atomic E-state index is 15.7. The predicted molar refractivity (Wildman–Crippen MR) is 260 cm³/mol. The first-order chi connectivity index (χ1) is 32.8. The summed E-state index contributed by atoms with van der Waals surface area (Å²) in [7, 11) is 0. The molecule has 8 aromatic carbocycles. The lowest BCUT2D eigenvalue weighted by Gasteiger charge is -2.22. The number of alkyl halides is 3. The molecule has 318 valence electrons. The fourth-order valence-electron chi connectivity index (χ4n) is 8.76. The summed E-state index contributed by atoms with van der Waals surface area (Å²) in [5.41, 5.74) is 8.28. The van der Waals surface area contributed by atoms with Gasteiger partial charge in [-0.15, -0.1) is 0 Å². The Morgan fingerprint density at radius 1 is 0.388 bits per heavy atom. The van der Waals surface area contributed by atoms with Crippen LogP contribution in [-0.4, -0.2) is 24.5 Å². The minimum atomic E-state index is -4.79. The molecule has 11 rings (SSSR count). The number of hydrogen-bond acceptors (Lipinski definition) is 5. The van der Waals surface area contributed by atoms with E-state index in [1.54, 1.807) is 12.1 Å². The molecular weight excluding hydrogens is 838 g/mol. The maximum absolute atomic E-state index is 15.7. The smallest absolute Gasteiger partial charge is 0.308 e. The quantitative estimate of drug-likeness (QED) is 0.152. The normalized spacial score (nSPS) is 11.5. The molecule has 0 N–H and O–H groups in total. The van der Waals surface area contributed by atoms with E-state index in [-0.39, 0.29) is 22.6 Å². The number of benzene rings is 8. The van der Waals surface area contributed by atoms with Gasteiger partial charge in [0, 0.05) is 44.2 Å². The molecule has 0 atom stereocenters. The molecule has 0 spiro atoms. The van der Waals surface area contributed by atoms with E-state index in [1.165, 1.54) is 6.07 Å². The molecule has 0 saturated carbocycles. The molecule has 0 amide bonds. The van der Waals surface area contributed by atoms with E-state index in [2.05, 4.69) is 6.07 Å². The Morgan fingerprint density at radius 2 is 0.866 bits per heavy atom. The van der Waals surface area contributed by atoms with Gasteiger partial charge in [0.2, 0.25) is 0 Å². The second-order valence-corrected chi connectivity index (χ2v) is 16.0. The highest BCUT2D eigenvalue weighted by atomic mass is 19.4. The van der Waals surface area contributed by atoms with Gasteiger partial charge in [-0.3, -0.25) is 0 Å². The molecule has 3 aromatic heterocycles. The van der Waals surface area contributed by atoms with Gasteiger partial charge in [-0.05, 0) is 59.7 Å². The van der Waals surface area contributed by atoms with E-state index < -0.39 is 11.7 Å². The fourth-order valence-corrected chi connectivity index (χ4v) is 8.76. The summed E-state index contributed by atoms with van der Waals surface area (Å²) in [5, 5.41) is 11.8. The van der Waals surface area contributed by atoms with Gasteiger partial charge in [0.15, 0.2) is 11.6 Å². The summed E-state index contributed by atoms with van der Waals surface area (Å²) in [6, 6.07) is 67.5. The first kappa shape index (κ1) is 40.8. The highest BCUT2D eigenvalue weighted by Gasteiger charge is 2.35. The summed E-state index contributed by atoms with van der Waals surface area (Å²) < 4.78 is 49.1. The Morgan fingerprint density at radius 3 is 1.46 bits per heavy atom. The second-order valence-electron chi connectivity index (χ2n) is 16.0. The standard InChI is InChI=1S/C58H35F3N6/c59-58(60,61)43-32-47(52-35-51(39-21-9-3-10-22-39)63-56(66-52)40-23-11-4-12-24-40)55(48(33-43)57-64-49(37-17-5-1-6-18-37)34-50(65-57)38-19-7-2-8-20-38)67-53-28-16-15-27-45(53)46-31-41(29-30-54(46)67)44-26-14-13-25-42(44)36-62/h1-35H. The van der Waals surface area contributed by atoms with Crippen LogP contribution in [0.4, 0.5) is 13.2 Å². The van der Waals surface area contributed by atoms with E-state index in [9.17, 15) is 5.26 Å². The van der Waals surface area contributed by atoms with Crippen molar-refractivity contribution in [3.63, 3.8) is 0 Å². The number of fused-ring (bicyclic) bond motifs is 3. The maximum Gasteiger partial charge on any atom is 0.416 e. The lowest BCUT2D eigenvalue weighted by atomic mass is 9.96. The molecule has 0 bridgehead atoms. The van der Waals surface area contributed by atoms with Crippen molar-refractivity contribution in [1.29, 1.82) is 5.26 Å². The van der Waals surface area contributed by atoms with E-state index in [1.807, 2.05) is 193 Å². The fraction of sp³-hybridized carbons (Fsp3) is 0.0172. The van der Waals surface area contributed by atoms with Crippen LogP contribution in [0, 0.1) is 11.3 Å². The van der Waals surface area contributed by atoms with Gasteiger partial charge >= 0.3 is 6.18 Å². The number of para-hydroxylation sites is 1. The molecule has 0 radical (unpaired) electrons. The molecule has 0 aliphatic heterocycles. The van der Waals surface area contributed by atoms with Crippen LogP contribution < -0.4 is 0 Å². The summed E-state index contributed by atoms with van der Waals surface area (Å²) in [6.45, 7) is 0. The van der Waals surface area contributed by atoms with E-state index >= 15 is 13.2 Å². The van der Waals surface area contributed by atoms with Crippen molar-refractivity contribution in [3.8, 4) is 90.7 Å². The van der Waals surface area contributed by atoms with Gasteiger partial charge in [0.05, 0.1) is 56.7 Å². The first-order valence-corrected chi connectivity index (χ1v) is 21.6. The Labute approximate surface area is 383 Å². The molecule has 0 saturated heterocycles. The van der Waals surface area contributed by atoms with Crippen LogP contribution in [0.25, 0.3) is 106 Å².